The van der Waals surface area contributed by atoms with Crippen LogP contribution in [0.5, 0.6) is 5.75 Å². The van der Waals surface area contributed by atoms with Crippen molar-refractivity contribution in [3.63, 3.8) is 0 Å². The van der Waals surface area contributed by atoms with Crippen LogP contribution in [0.4, 0.5) is 5.69 Å². The summed E-state index contributed by atoms with van der Waals surface area (Å²) in [6.07, 6.45) is 0.807. The van der Waals surface area contributed by atoms with Gasteiger partial charge in [0.2, 0.25) is 0 Å². The minimum absolute atomic E-state index is 0.0384. The molecule has 0 saturated heterocycles. The minimum atomic E-state index is -0.112. The summed E-state index contributed by atoms with van der Waals surface area (Å²) in [5.74, 6) is -0.0297. The Morgan fingerprint density at radius 2 is 1.86 bits per heavy atom. The highest BCUT2D eigenvalue weighted by Crippen LogP contribution is 2.37. The number of phenols is 1. The Hall–Kier alpha value is -3.15. The van der Waals surface area contributed by atoms with Gasteiger partial charge in [0, 0.05) is 36.4 Å². The molecule has 0 saturated carbocycles. The zero-order chi connectivity index (χ0) is 20.2. The predicted octanol–water partition coefficient (Wildman–Crippen LogP) is 3.34. The van der Waals surface area contributed by atoms with E-state index < -0.39 is 0 Å². The van der Waals surface area contributed by atoms with E-state index in [-0.39, 0.29) is 18.3 Å². The number of amides is 1. The van der Waals surface area contributed by atoms with E-state index in [0.717, 1.165) is 23.2 Å². The van der Waals surface area contributed by atoms with Crippen molar-refractivity contribution in [3.8, 4) is 16.9 Å². The van der Waals surface area contributed by atoms with Gasteiger partial charge in [-0.1, -0.05) is 48.5 Å². The Morgan fingerprint density at radius 1 is 1.03 bits per heavy atom. The molecule has 1 amide bonds. The maximum atomic E-state index is 13.1. The topological polar surface area (TPSA) is 72.8 Å². The van der Waals surface area contributed by atoms with Gasteiger partial charge in [-0.25, -0.2) is 0 Å². The van der Waals surface area contributed by atoms with Crippen LogP contribution in [0, 0.1) is 0 Å². The molecule has 0 spiro atoms. The van der Waals surface area contributed by atoms with E-state index in [2.05, 4.69) is 23.5 Å². The lowest BCUT2D eigenvalue weighted by Gasteiger charge is -2.19. The van der Waals surface area contributed by atoms with Gasteiger partial charge in [0.1, 0.15) is 5.75 Å². The van der Waals surface area contributed by atoms with Crippen LogP contribution in [0.25, 0.3) is 11.1 Å². The van der Waals surface area contributed by atoms with Crippen molar-refractivity contribution in [2.45, 2.75) is 13.0 Å². The van der Waals surface area contributed by atoms with Gasteiger partial charge in [-0.3, -0.25) is 4.79 Å². The molecule has 0 atom stereocenters. The second-order valence-electron chi connectivity index (χ2n) is 7.12. The van der Waals surface area contributed by atoms with Crippen LogP contribution in [0.1, 0.15) is 21.5 Å². The summed E-state index contributed by atoms with van der Waals surface area (Å²) in [4.78, 5) is 14.9. The predicted molar refractivity (Wildman–Crippen MR) is 114 cm³/mol. The van der Waals surface area contributed by atoms with Gasteiger partial charge in [-0.15, -0.1) is 0 Å². The Balaban J connectivity index is 1.59. The molecule has 3 N–H and O–H groups in total. The molecule has 29 heavy (non-hydrogen) atoms. The summed E-state index contributed by atoms with van der Waals surface area (Å²) in [5.41, 5.74) is 5.59. The van der Waals surface area contributed by atoms with Crippen LogP contribution in [0.15, 0.2) is 66.7 Å². The first-order valence-corrected chi connectivity index (χ1v) is 9.81. The summed E-state index contributed by atoms with van der Waals surface area (Å²) >= 11 is 0. The lowest BCUT2D eigenvalue weighted by Crippen LogP contribution is -2.28. The number of benzene rings is 3. The van der Waals surface area contributed by atoms with Gasteiger partial charge >= 0.3 is 0 Å². The zero-order valence-electron chi connectivity index (χ0n) is 16.1. The SMILES string of the molecule is O=C(c1ccc(CNCCO)c(O)c1)N1CCc2c(-c3ccccc3)cccc21. The smallest absolute Gasteiger partial charge is 0.258 e. The number of aliphatic hydroxyl groups is 1. The largest absolute Gasteiger partial charge is 0.508 e. The molecule has 5 heteroatoms. The minimum Gasteiger partial charge on any atom is -0.508 e. The maximum Gasteiger partial charge on any atom is 0.258 e. The van der Waals surface area contributed by atoms with Crippen LogP contribution in [0.2, 0.25) is 0 Å². The second kappa shape index (κ2) is 8.47. The maximum absolute atomic E-state index is 13.1. The molecule has 0 aliphatic carbocycles. The molecule has 0 fully saturated rings. The average Bonchev–Trinajstić information content (AvgIpc) is 3.19. The van der Waals surface area contributed by atoms with Gasteiger partial charge in [0.05, 0.1) is 6.61 Å². The Bertz CT molecular complexity index is 1020. The highest BCUT2D eigenvalue weighted by atomic mass is 16.3. The van der Waals surface area contributed by atoms with Crippen LogP contribution < -0.4 is 10.2 Å². The number of hydrogen-bond acceptors (Lipinski definition) is 4. The fraction of sp³-hybridized carbons (Fsp3) is 0.208. The number of phenolic OH excluding ortho intramolecular Hbond substituents is 1. The number of anilines is 1. The van der Waals surface area contributed by atoms with E-state index in [1.54, 1.807) is 17.0 Å². The summed E-state index contributed by atoms with van der Waals surface area (Å²) in [5, 5.41) is 22.2. The van der Waals surface area contributed by atoms with Crippen molar-refractivity contribution < 1.29 is 15.0 Å². The van der Waals surface area contributed by atoms with Crippen LogP contribution in [-0.4, -0.2) is 35.8 Å². The van der Waals surface area contributed by atoms with E-state index in [0.29, 0.717) is 30.8 Å². The quantitative estimate of drug-likeness (QED) is 0.567. The van der Waals surface area contributed by atoms with Gasteiger partial charge in [0.15, 0.2) is 0 Å². The monoisotopic (exact) mass is 388 g/mol. The summed E-state index contributed by atoms with van der Waals surface area (Å²) in [6, 6.07) is 21.3. The molecule has 0 unspecified atom stereocenters. The van der Waals surface area contributed by atoms with Crippen molar-refractivity contribution in [1.29, 1.82) is 0 Å². The first kappa shape index (κ1) is 19.2. The molecule has 0 radical (unpaired) electrons. The number of nitrogens with zero attached hydrogens (tertiary/aromatic N) is 1. The second-order valence-corrected chi connectivity index (χ2v) is 7.12. The first-order chi connectivity index (χ1) is 14.2. The molecule has 0 aromatic heterocycles. The van der Waals surface area contributed by atoms with E-state index in [9.17, 15) is 9.90 Å². The normalized spacial score (nSPS) is 12.8. The van der Waals surface area contributed by atoms with Crippen molar-refractivity contribution in [3.05, 3.63) is 83.4 Å². The third kappa shape index (κ3) is 3.88. The lowest BCUT2D eigenvalue weighted by atomic mass is 9.98. The summed E-state index contributed by atoms with van der Waals surface area (Å²) in [7, 11) is 0. The number of fused-ring (bicyclic) bond motifs is 1. The van der Waals surface area contributed by atoms with E-state index in [1.807, 2.05) is 30.3 Å². The fourth-order valence-corrected chi connectivity index (χ4v) is 3.84. The molecule has 3 aromatic rings. The highest BCUT2D eigenvalue weighted by molar-refractivity contribution is 6.08. The number of aliphatic hydroxyl groups excluding tert-OH is 1. The molecule has 4 rings (SSSR count). The van der Waals surface area contributed by atoms with Crippen molar-refractivity contribution in [2.24, 2.45) is 0 Å². The van der Waals surface area contributed by atoms with Gasteiger partial charge in [-0.05, 0) is 41.3 Å². The van der Waals surface area contributed by atoms with Gasteiger partial charge in [-0.2, -0.15) is 0 Å². The number of carbonyl (C=O) groups is 1. The standard InChI is InChI=1S/C24H24N2O3/c27-14-12-25-16-19-10-9-18(15-23(19)28)24(29)26-13-11-21-20(7-4-8-22(21)26)17-5-2-1-3-6-17/h1-10,15,25,27-28H,11-14,16H2. The van der Waals surface area contributed by atoms with Crippen molar-refractivity contribution in [2.75, 3.05) is 24.6 Å². The molecule has 3 aromatic carbocycles. The summed E-state index contributed by atoms with van der Waals surface area (Å²) < 4.78 is 0. The van der Waals surface area contributed by atoms with Crippen molar-refractivity contribution >= 4 is 11.6 Å². The average molecular weight is 388 g/mol. The molecule has 0 bridgehead atoms. The Kier molecular flexibility index (Phi) is 5.60. The Morgan fingerprint density at radius 3 is 2.62 bits per heavy atom. The number of hydrogen-bond donors (Lipinski definition) is 3. The molecular weight excluding hydrogens is 364 g/mol. The molecule has 5 nitrogen and oxygen atoms in total. The number of nitrogens with one attached hydrogen (secondary N) is 1. The third-order valence-corrected chi connectivity index (χ3v) is 5.29. The number of carbonyl (C=O) groups excluding carboxylic acids is 1. The van der Waals surface area contributed by atoms with Crippen LogP contribution in [0.3, 0.4) is 0 Å². The molecule has 148 valence electrons. The van der Waals surface area contributed by atoms with E-state index in [1.165, 1.54) is 11.6 Å². The van der Waals surface area contributed by atoms with Crippen LogP contribution >= 0.6 is 0 Å². The Labute approximate surface area is 170 Å². The first-order valence-electron chi connectivity index (χ1n) is 9.81. The lowest BCUT2D eigenvalue weighted by molar-refractivity contribution is 0.0989. The third-order valence-electron chi connectivity index (χ3n) is 5.29. The van der Waals surface area contributed by atoms with Gasteiger partial charge in [0.25, 0.3) is 5.91 Å². The molecular formula is C24H24N2O3. The molecule has 1 aliphatic rings. The molecule has 1 heterocycles. The van der Waals surface area contributed by atoms with Gasteiger partial charge < -0.3 is 20.4 Å². The van der Waals surface area contributed by atoms with E-state index >= 15 is 0 Å². The van der Waals surface area contributed by atoms with Crippen molar-refractivity contribution in [1.82, 2.24) is 5.32 Å². The fourth-order valence-electron chi connectivity index (χ4n) is 3.84. The highest BCUT2D eigenvalue weighted by Gasteiger charge is 2.27. The zero-order valence-corrected chi connectivity index (χ0v) is 16.1. The molecule has 1 aliphatic heterocycles. The number of rotatable bonds is 6. The number of aromatic hydroxyl groups is 1. The van der Waals surface area contributed by atoms with E-state index in [4.69, 9.17) is 5.11 Å². The summed E-state index contributed by atoms with van der Waals surface area (Å²) in [6.45, 7) is 1.55. The van der Waals surface area contributed by atoms with Crippen LogP contribution in [-0.2, 0) is 13.0 Å².